The zero-order chi connectivity index (χ0) is 14.1. The van der Waals surface area contributed by atoms with Crippen LogP contribution in [0.2, 0.25) is 0 Å². The average molecular weight is 282 g/mol. The van der Waals surface area contributed by atoms with Crippen molar-refractivity contribution in [2.45, 2.75) is 12.8 Å². The molecule has 0 unspecified atom stereocenters. The summed E-state index contributed by atoms with van der Waals surface area (Å²) in [5.41, 5.74) is 8.29. The number of benzene rings is 2. The summed E-state index contributed by atoms with van der Waals surface area (Å²) in [5, 5.41) is 0.990. The number of amides is 1. The maximum Gasteiger partial charge on any atom is 0.224 e. The minimum Gasteiger partial charge on any atom is -0.369 e. The first kappa shape index (κ1) is 12.8. The second-order valence-electron chi connectivity index (χ2n) is 4.74. The third kappa shape index (κ3) is 2.30. The standard InChI is InChI=1S/C16H14N2OS/c1-10(15(17)19)12-7-8-14-13(9-12)18-16(20-14)11-5-3-2-4-6-11/h2-10H,1H3,(H2,17,19)/t10-/m0/s1. The molecule has 0 bridgehead atoms. The molecule has 0 radical (unpaired) electrons. The summed E-state index contributed by atoms with van der Waals surface area (Å²) in [5.74, 6) is -0.607. The lowest BCUT2D eigenvalue weighted by molar-refractivity contribution is -0.119. The predicted octanol–water partition coefficient (Wildman–Crippen LogP) is 3.55. The largest absolute Gasteiger partial charge is 0.369 e. The van der Waals surface area contributed by atoms with Crippen molar-refractivity contribution in [1.29, 1.82) is 0 Å². The Morgan fingerprint density at radius 3 is 2.65 bits per heavy atom. The number of nitrogens with zero attached hydrogens (tertiary/aromatic N) is 1. The molecule has 1 heterocycles. The lowest BCUT2D eigenvalue weighted by Crippen LogP contribution is -2.18. The van der Waals surface area contributed by atoms with E-state index < -0.39 is 0 Å². The molecule has 1 aromatic heterocycles. The topological polar surface area (TPSA) is 56.0 Å². The first-order valence-corrected chi connectivity index (χ1v) is 7.22. The highest BCUT2D eigenvalue weighted by atomic mass is 32.1. The number of hydrogen-bond donors (Lipinski definition) is 1. The lowest BCUT2D eigenvalue weighted by atomic mass is 10.0. The Kier molecular flexibility index (Phi) is 3.24. The summed E-state index contributed by atoms with van der Waals surface area (Å²) in [4.78, 5) is 15.9. The van der Waals surface area contributed by atoms with Crippen LogP contribution in [0.15, 0.2) is 48.5 Å². The van der Waals surface area contributed by atoms with Gasteiger partial charge in [-0.3, -0.25) is 4.79 Å². The van der Waals surface area contributed by atoms with Crippen molar-refractivity contribution in [3.05, 3.63) is 54.1 Å². The summed E-state index contributed by atoms with van der Waals surface area (Å²) in [6.45, 7) is 1.81. The van der Waals surface area contributed by atoms with E-state index in [1.807, 2.05) is 55.5 Å². The van der Waals surface area contributed by atoms with E-state index in [0.29, 0.717) is 0 Å². The molecule has 3 nitrogen and oxygen atoms in total. The fraction of sp³-hybridized carbons (Fsp3) is 0.125. The number of rotatable bonds is 3. The second kappa shape index (κ2) is 5.06. The summed E-state index contributed by atoms with van der Waals surface area (Å²) in [7, 11) is 0. The van der Waals surface area contributed by atoms with Crippen molar-refractivity contribution in [3.8, 4) is 10.6 Å². The van der Waals surface area contributed by atoms with Gasteiger partial charge in [0.15, 0.2) is 0 Å². The van der Waals surface area contributed by atoms with E-state index in [1.54, 1.807) is 11.3 Å². The van der Waals surface area contributed by atoms with Gasteiger partial charge in [0.2, 0.25) is 5.91 Å². The normalized spacial score (nSPS) is 12.4. The van der Waals surface area contributed by atoms with Crippen molar-refractivity contribution in [3.63, 3.8) is 0 Å². The average Bonchev–Trinajstić information content (AvgIpc) is 2.90. The van der Waals surface area contributed by atoms with Crippen LogP contribution in [0.5, 0.6) is 0 Å². The molecule has 1 atom stereocenters. The Balaban J connectivity index is 2.06. The Hall–Kier alpha value is -2.20. The predicted molar refractivity (Wildman–Crippen MR) is 82.7 cm³/mol. The van der Waals surface area contributed by atoms with Gasteiger partial charge < -0.3 is 5.73 Å². The lowest BCUT2D eigenvalue weighted by Gasteiger charge is -2.06. The first-order valence-electron chi connectivity index (χ1n) is 6.40. The Morgan fingerprint density at radius 2 is 1.95 bits per heavy atom. The van der Waals surface area contributed by atoms with E-state index in [2.05, 4.69) is 4.98 Å². The molecule has 20 heavy (non-hydrogen) atoms. The van der Waals surface area contributed by atoms with E-state index in [4.69, 9.17) is 5.73 Å². The quantitative estimate of drug-likeness (QED) is 0.798. The highest BCUT2D eigenvalue weighted by molar-refractivity contribution is 7.21. The van der Waals surface area contributed by atoms with Crippen molar-refractivity contribution < 1.29 is 4.79 Å². The van der Waals surface area contributed by atoms with Gasteiger partial charge in [-0.15, -0.1) is 11.3 Å². The number of aromatic nitrogens is 1. The summed E-state index contributed by atoms with van der Waals surface area (Å²) in [6.07, 6.45) is 0. The first-order chi connectivity index (χ1) is 9.65. The molecule has 0 saturated heterocycles. The van der Waals surface area contributed by atoms with Crippen LogP contribution in [-0.4, -0.2) is 10.9 Å². The number of carbonyl (C=O) groups is 1. The molecule has 2 aromatic carbocycles. The van der Waals surface area contributed by atoms with Gasteiger partial charge in [-0.2, -0.15) is 0 Å². The molecule has 100 valence electrons. The molecular weight excluding hydrogens is 268 g/mol. The second-order valence-corrected chi connectivity index (χ2v) is 5.77. The molecule has 2 N–H and O–H groups in total. The molecule has 0 aliphatic carbocycles. The molecule has 0 fully saturated rings. The molecular formula is C16H14N2OS. The van der Waals surface area contributed by atoms with Crippen LogP contribution < -0.4 is 5.73 Å². The number of fused-ring (bicyclic) bond motifs is 1. The summed E-state index contributed by atoms with van der Waals surface area (Å²) >= 11 is 1.65. The fourth-order valence-electron chi connectivity index (χ4n) is 2.08. The van der Waals surface area contributed by atoms with Gasteiger partial charge >= 0.3 is 0 Å². The highest BCUT2D eigenvalue weighted by Gasteiger charge is 2.13. The van der Waals surface area contributed by atoms with Crippen LogP contribution in [0, 0.1) is 0 Å². The highest BCUT2D eigenvalue weighted by Crippen LogP contribution is 2.31. The molecule has 0 aliphatic heterocycles. The van der Waals surface area contributed by atoms with Gasteiger partial charge in [0.25, 0.3) is 0 Å². The van der Waals surface area contributed by atoms with E-state index in [0.717, 1.165) is 26.4 Å². The molecule has 0 aliphatic rings. The van der Waals surface area contributed by atoms with Gasteiger partial charge in [-0.25, -0.2) is 4.98 Å². The Labute approximate surface area is 121 Å². The summed E-state index contributed by atoms with van der Waals surface area (Å²) < 4.78 is 1.12. The van der Waals surface area contributed by atoms with Crippen molar-refractivity contribution in [1.82, 2.24) is 4.98 Å². The van der Waals surface area contributed by atoms with Crippen LogP contribution >= 0.6 is 11.3 Å². The van der Waals surface area contributed by atoms with E-state index in [-0.39, 0.29) is 11.8 Å². The fourth-order valence-corrected chi connectivity index (χ4v) is 3.03. The number of thiazole rings is 1. The van der Waals surface area contributed by atoms with Crippen LogP contribution in [0.1, 0.15) is 18.4 Å². The molecule has 1 amide bonds. The zero-order valence-electron chi connectivity index (χ0n) is 11.0. The summed E-state index contributed by atoms with van der Waals surface area (Å²) in [6, 6.07) is 16.0. The SMILES string of the molecule is C[C@H](C(N)=O)c1ccc2sc(-c3ccccc3)nc2c1. The maximum absolute atomic E-state index is 11.3. The molecule has 4 heteroatoms. The molecule has 0 saturated carbocycles. The van der Waals surface area contributed by atoms with Gasteiger partial charge in [0.05, 0.1) is 16.1 Å². The smallest absolute Gasteiger partial charge is 0.224 e. The van der Waals surface area contributed by atoms with E-state index in [9.17, 15) is 4.79 Å². The number of carbonyl (C=O) groups excluding carboxylic acids is 1. The van der Waals surface area contributed by atoms with Gasteiger partial charge in [-0.05, 0) is 24.6 Å². The number of nitrogens with two attached hydrogens (primary N) is 1. The maximum atomic E-state index is 11.3. The molecule has 3 aromatic rings. The minimum atomic E-state index is -0.317. The van der Waals surface area contributed by atoms with Crippen LogP contribution in [0.4, 0.5) is 0 Å². The van der Waals surface area contributed by atoms with Crippen molar-refractivity contribution >= 4 is 27.5 Å². The van der Waals surface area contributed by atoms with Gasteiger partial charge in [0.1, 0.15) is 5.01 Å². The minimum absolute atomic E-state index is 0.290. The third-order valence-corrected chi connectivity index (χ3v) is 4.44. The van der Waals surface area contributed by atoms with Crippen molar-refractivity contribution in [2.75, 3.05) is 0 Å². The number of hydrogen-bond acceptors (Lipinski definition) is 3. The third-order valence-electron chi connectivity index (χ3n) is 3.36. The van der Waals surface area contributed by atoms with Crippen LogP contribution in [0.25, 0.3) is 20.8 Å². The zero-order valence-corrected chi connectivity index (χ0v) is 11.9. The van der Waals surface area contributed by atoms with Crippen LogP contribution in [0.3, 0.4) is 0 Å². The Bertz CT molecular complexity index is 765. The number of primary amides is 1. The van der Waals surface area contributed by atoms with Crippen LogP contribution in [-0.2, 0) is 4.79 Å². The van der Waals surface area contributed by atoms with Gasteiger partial charge in [-0.1, -0.05) is 36.4 Å². The van der Waals surface area contributed by atoms with E-state index >= 15 is 0 Å². The monoisotopic (exact) mass is 282 g/mol. The van der Waals surface area contributed by atoms with Gasteiger partial charge in [0, 0.05) is 5.56 Å². The molecule has 3 rings (SSSR count). The Morgan fingerprint density at radius 1 is 1.20 bits per heavy atom. The van der Waals surface area contributed by atoms with Crippen molar-refractivity contribution in [2.24, 2.45) is 5.73 Å². The molecule has 0 spiro atoms. The van der Waals surface area contributed by atoms with E-state index in [1.165, 1.54) is 0 Å².